The average molecular weight is 391 g/mol. The van der Waals surface area contributed by atoms with E-state index in [1.165, 1.54) is 0 Å². The van der Waals surface area contributed by atoms with E-state index in [4.69, 9.17) is 14.9 Å². The summed E-state index contributed by atoms with van der Waals surface area (Å²) in [5.41, 5.74) is 0. The number of carbonyl (C=O) groups is 3. The van der Waals surface area contributed by atoms with Crippen molar-refractivity contribution in [3.05, 3.63) is 12.3 Å². The first-order valence-corrected chi connectivity index (χ1v) is 8.37. The number of rotatable bonds is 7. The zero-order chi connectivity index (χ0) is 20.7. The molecule has 0 aromatic heterocycles. The Balaban J connectivity index is 3.02. The highest BCUT2D eigenvalue weighted by molar-refractivity contribution is 5.96. The second kappa shape index (κ2) is 10.3. The van der Waals surface area contributed by atoms with Crippen LogP contribution in [0.2, 0.25) is 0 Å². The number of hydrogen-bond donors (Lipinski definition) is 5. The molecule has 5 N–H and O–H groups in total. The van der Waals surface area contributed by atoms with Crippen LogP contribution in [0.1, 0.15) is 32.6 Å². The van der Waals surface area contributed by atoms with Crippen molar-refractivity contribution in [2.75, 3.05) is 6.61 Å². The Bertz CT molecular complexity index is 565. The number of aliphatic hydroxyl groups excluding tert-OH is 5. The van der Waals surface area contributed by atoms with Crippen LogP contribution in [0.3, 0.4) is 0 Å². The molecular weight excluding hydrogens is 366 g/mol. The van der Waals surface area contributed by atoms with Crippen LogP contribution >= 0.6 is 0 Å². The number of esters is 1. The van der Waals surface area contributed by atoms with E-state index in [1.54, 1.807) is 6.92 Å². The molecule has 1 aliphatic heterocycles. The zero-order valence-electron chi connectivity index (χ0n) is 14.9. The van der Waals surface area contributed by atoms with Crippen LogP contribution in [0.25, 0.3) is 0 Å². The van der Waals surface area contributed by atoms with Gasteiger partial charge in [0.2, 0.25) is 5.91 Å². The van der Waals surface area contributed by atoms with E-state index in [2.05, 4.69) is 11.3 Å². The molecule has 0 aliphatic carbocycles. The third kappa shape index (κ3) is 5.97. The van der Waals surface area contributed by atoms with Crippen LogP contribution in [-0.4, -0.2) is 85.7 Å². The SMILES string of the molecule is C=C(O)CCC(=O)OC(=O)N(C(=O)CCC)[C@H]1C(O)O[C@H](CO)[C@@H](O)[C@@H]1O. The topological polar surface area (TPSA) is 174 Å². The number of allylic oxidation sites excluding steroid dienone is 1. The number of imide groups is 1. The quantitative estimate of drug-likeness (QED) is 0.204. The van der Waals surface area contributed by atoms with Gasteiger partial charge in [-0.1, -0.05) is 13.5 Å². The lowest BCUT2D eigenvalue weighted by atomic mass is 9.95. The second-order valence-electron chi connectivity index (χ2n) is 6.04. The van der Waals surface area contributed by atoms with Gasteiger partial charge in [-0.25, -0.2) is 9.69 Å². The summed E-state index contributed by atoms with van der Waals surface area (Å²) < 4.78 is 9.47. The minimum absolute atomic E-state index is 0.163. The number of carbonyl (C=O) groups excluding carboxylic acids is 3. The molecular formula is C16H25NO10. The molecule has 11 nitrogen and oxygen atoms in total. The maximum Gasteiger partial charge on any atom is 0.424 e. The Labute approximate surface area is 155 Å². The fourth-order valence-electron chi connectivity index (χ4n) is 2.53. The zero-order valence-corrected chi connectivity index (χ0v) is 14.9. The fourth-order valence-corrected chi connectivity index (χ4v) is 2.53. The summed E-state index contributed by atoms with van der Waals surface area (Å²) in [5, 5.41) is 48.3. The van der Waals surface area contributed by atoms with E-state index < -0.39 is 61.6 Å². The summed E-state index contributed by atoms with van der Waals surface area (Å²) in [7, 11) is 0. The van der Waals surface area contributed by atoms with E-state index in [-0.39, 0.29) is 18.6 Å². The molecule has 2 amide bonds. The largest absolute Gasteiger partial charge is 0.513 e. The molecule has 5 atom stereocenters. The molecule has 0 saturated carbocycles. The van der Waals surface area contributed by atoms with Gasteiger partial charge in [-0.3, -0.25) is 9.59 Å². The van der Waals surface area contributed by atoms with Crippen molar-refractivity contribution in [1.82, 2.24) is 4.90 Å². The minimum Gasteiger partial charge on any atom is -0.513 e. The number of nitrogens with zero attached hydrogens (tertiary/aromatic N) is 1. The van der Waals surface area contributed by atoms with Crippen LogP contribution in [-0.2, 0) is 19.1 Å². The Hall–Kier alpha value is -2.05. The van der Waals surface area contributed by atoms with Crippen LogP contribution in [0.5, 0.6) is 0 Å². The van der Waals surface area contributed by atoms with Crippen molar-refractivity contribution >= 4 is 18.0 Å². The Morgan fingerprint density at radius 2 is 1.74 bits per heavy atom. The second-order valence-corrected chi connectivity index (χ2v) is 6.04. The van der Waals surface area contributed by atoms with Crippen molar-refractivity contribution in [1.29, 1.82) is 0 Å². The van der Waals surface area contributed by atoms with Crippen molar-refractivity contribution < 1.29 is 49.4 Å². The van der Waals surface area contributed by atoms with Gasteiger partial charge in [0, 0.05) is 12.8 Å². The van der Waals surface area contributed by atoms with Gasteiger partial charge in [0.25, 0.3) is 0 Å². The summed E-state index contributed by atoms with van der Waals surface area (Å²) in [6.45, 7) is 4.09. The normalized spacial score (nSPS) is 27.7. The van der Waals surface area contributed by atoms with E-state index in [0.29, 0.717) is 11.3 Å². The van der Waals surface area contributed by atoms with Crippen LogP contribution in [0.4, 0.5) is 4.79 Å². The average Bonchev–Trinajstić information content (AvgIpc) is 2.59. The van der Waals surface area contributed by atoms with E-state index in [1.807, 2.05) is 0 Å². The van der Waals surface area contributed by atoms with Gasteiger partial charge in [0.1, 0.15) is 24.4 Å². The maximum absolute atomic E-state index is 12.3. The van der Waals surface area contributed by atoms with Gasteiger partial charge < -0.3 is 35.0 Å². The first-order chi connectivity index (χ1) is 12.6. The molecule has 154 valence electrons. The molecule has 1 fully saturated rings. The van der Waals surface area contributed by atoms with Crippen LogP contribution < -0.4 is 0 Å². The predicted octanol–water partition coefficient (Wildman–Crippen LogP) is -1.07. The molecule has 1 saturated heterocycles. The highest BCUT2D eigenvalue weighted by Gasteiger charge is 2.50. The molecule has 1 rings (SSSR count). The van der Waals surface area contributed by atoms with Crippen molar-refractivity contribution in [3.63, 3.8) is 0 Å². The standard InChI is InChI=1S/C16H25NO10/c1-3-4-10(20)17(16(25)27-11(21)6-5-8(2)19)12-14(23)13(22)9(7-18)26-15(12)24/h9,12-15,18-19,22-24H,2-7H2,1H3/t9-,12-,13-,14-,15?/m1/s1. The molecule has 0 spiro atoms. The van der Waals surface area contributed by atoms with Crippen molar-refractivity contribution in [3.8, 4) is 0 Å². The lowest BCUT2D eigenvalue weighted by molar-refractivity contribution is -0.267. The van der Waals surface area contributed by atoms with Crippen LogP contribution in [0, 0.1) is 0 Å². The molecule has 0 aromatic carbocycles. The molecule has 0 aromatic rings. The van der Waals surface area contributed by atoms with Gasteiger partial charge in [0.15, 0.2) is 6.29 Å². The number of aliphatic hydroxyl groups is 5. The van der Waals surface area contributed by atoms with E-state index in [0.717, 1.165) is 0 Å². The highest BCUT2D eigenvalue weighted by Crippen LogP contribution is 2.25. The summed E-state index contributed by atoms with van der Waals surface area (Å²) in [6, 6.07) is -1.75. The number of amides is 2. The first kappa shape index (κ1) is 23.0. The van der Waals surface area contributed by atoms with E-state index >= 15 is 0 Å². The summed E-state index contributed by atoms with van der Waals surface area (Å²) in [5.74, 6) is -2.25. The summed E-state index contributed by atoms with van der Waals surface area (Å²) in [6.07, 6.45) is -8.71. The monoisotopic (exact) mass is 391 g/mol. The minimum atomic E-state index is -1.93. The molecule has 11 heteroatoms. The maximum atomic E-state index is 12.3. The molecule has 1 aliphatic rings. The Morgan fingerprint density at radius 3 is 2.26 bits per heavy atom. The van der Waals surface area contributed by atoms with Crippen molar-refractivity contribution in [2.45, 2.75) is 63.3 Å². The van der Waals surface area contributed by atoms with Gasteiger partial charge >= 0.3 is 12.1 Å². The third-order valence-corrected chi connectivity index (χ3v) is 3.91. The number of hydrogen-bond acceptors (Lipinski definition) is 10. The molecule has 0 bridgehead atoms. The highest BCUT2D eigenvalue weighted by atomic mass is 16.6. The molecule has 27 heavy (non-hydrogen) atoms. The van der Waals surface area contributed by atoms with E-state index in [9.17, 15) is 29.7 Å². The molecule has 0 radical (unpaired) electrons. The van der Waals surface area contributed by atoms with Gasteiger partial charge in [-0.05, 0) is 6.42 Å². The molecule has 1 unspecified atom stereocenters. The van der Waals surface area contributed by atoms with Gasteiger partial charge in [-0.15, -0.1) is 0 Å². The smallest absolute Gasteiger partial charge is 0.424 e. The lowest BCUT2D eigenvalue weighted by Gasteiger charge is -2.43. The van der Waals surface area contributed by atoms with Gasteiger partial charge in [0.05, 0.1) is 18.8 Å². The number of ether oxygens (including phenoxy) is 2. The van der Waals surface area contributed by atoms with Crippen molar-refractivity contribution in [2.24, 2.45) is 0 Å². The lowest BCUT2D eigenvalue weighted by Crippen LogP contribution is -2.66. The summed E-state index contributed by atoms with van der Waals surface area (Å²) >= 11 is 0. The predicted molar refractivity (Wildman–Crippen MR) is 88.0 cm³/mol. The Morgan fingerprint density at radius 1 is 1.11 bits per heavy atom. The van der Waals surface area contributed by atoms with Crippen LogP contribution in [0.15, 0.2) is 12.3 Å². The first-order valence-electron chi connectivity index (χ1n) is 8.37. The third-order valence-electron chi connectivity index (χ3n) is 3.91. The molecule has 1 heterocycles. The Kier molecular flexibility index (Phi) is 8.79. The fraction of sp³-hybridized carbons (Fsp3) is 0.688. The van der Waals surface area contributed by atoms with Gasteiger partial charge in [-0.2, -0.15) is 0 Å². The summed E-state index contributed by atoms with van der Waals surface area (Å²) in [4.78, 5) is 36.7.